The van der Waals surface area contributed by atoms with Gasteiger partial charge in [0.25, 0.3) is 5.91 Å². The number of hydrogen-bond donors (Lipinski definition) is 2. The van der Waals surface area contributed by atoms with Crippen molar-refractivity contribution in [2.75, 3.05) is 62.6 Å². The minimum absolute atomic E-state index is 0.334. The highest BCUT2D eigenvalue weighted by atomic mass is 16.1. The van der Waals surface area contributed by atoms with E-state index in [2.05, 4.69) is 88.3 Å². The highest BCUT2D eigenvalue weighted by Gasteiger charge is 2.21. The van der Waals surface area contributed by atoms with Gasteiger partial charge in [0.2, 0.25) is 11.9 Å². The van der Waals surface area contributed by atoms with Crippen LogP contribution < -0.4 is 15.5 Å². The Hall–Kier alpha value is -4.21. The van der Waals surface area contributed by atoms with E-state index in [0.29, 0.717) is 35.5 Å². The zero-order valence-corrected chi connectivity index (χ0v) is 22.3. The van der Waals surface area contributed by atoms with Crippen molar-refractivity contribution in [1.82, 2.24) is 35.1 Å². The molecule has 1 fully saturated rings. The van der Waals surface area contributed by atoms with E-state index in [1.807, 2.05) is 6.92 Å². The Kier molecular flexibility index (Phi) is 11.3. The Balaban J connectivity index is 1.66. The number of aromatic nitrogens is 4. The van der Waals surface area contributed by atoms with Gasteiger partial charge in [-0.1, -0.05) is 26.7 Å². The van der Waals surface area contributed by atoms with Gasteiger partial charge in [-0.2, -0.15) is 15.0 Å². The molecule has 1 amide bonds. The molecule has 2 aromatic rings. The SMILES string of the molecule is C#C[C]=C=C=C=CNC(=O)c1ccnc(Nc2nc(CC)nc(N3CCN(CCN(CC)CC)CC3)n2)c1. The average molecular weight is 513 g/mol. The number of anilines is 3. The largest absolute Gasteiger partial charge is 0.338 e. The van der Waals surface area contributed by atoms with E-state index < -0.39 is 0 Å². The summed E-state index contributed by atoms with van der Waals surface area (Å²) in [6.07, 6.45) is 10.9. The molecular weight excluding hydrogens is 478 g/mol. The van der Waals surface area contributed by atoms with Crippen molar-refractivity contribution in [2.24, 2.45) is 0 Å². The number of terminal acetylenes is 1. The summed E-state index contributed by atoms with van der Waals surface area (Å²) in [7, 11) is 0. The van der Waals surface area contributed by atoms with E-state index in [1.54, 1.807) is 18.3 Å². The lowest BCUT2D eigenvalue weighted by Gasteiger charge is -2.35. The number of carbonyl (C=O) groups excluding carboxylic acids is 1. The smallest absolute Gasteiger partial charge is 0.255 e. The van der Waals surface area contributed by atoms with Crippen LogP contribution in [-0.2, 0) is 6.42 Å². The van der Waals surface area contributed by atoms with Crippen molar-refractivity contribution < 1.29 is 4.79 Å². The highest BCUT2D eigenvalue weighted by Crippen LogP contribution is 2.17. The number of rotatable bonds is 11. The number of hydrogen-bond acceptors (Lipinski definition) is 9. The van der Waals surface area contributed by atoms with E-state index in [-0.39, 0.29) is 5.91 Å². The first-order chi connectivity index (χ1) is 18.6. The molecule has 3 rings (SSSR count). The number of aryl methyl sites for hydroxylation is 1. The van der Waals surface area contributed by atoms with Gasteiger partial charge < -0.3 is 20.4 Å². The van der Waals surface area contributed by atoms with Crippen molar-refractivity contribution in [3.63, 3.8) is 0 Å². The second kappa shape index (κ2) is 15.1. The third kappa shape index (κ3) is 8.72. The summed E-state index contributed by atoms with van der Waals surface area (Å²) in [5.74, 6) is 4.01. The van der Waals surface area contributed by atoms with Gasteiger partial charge in [-0.25, -0.2) is 4.98 Å². The molecule has 10 nitrogen and oxygen atoms in total. The molecule has 10 heteroatoms. The molecule has 0 atom stereocenters. The predicted octanol–water partition coefficient (Wildman–Crippen LogP) is 2.18. The Morgan fingerprint density at radius 3 is 2.63 bits per heavy atom. The molecule has 1 aliphatic heterocycles. The number of amides is 1. The number of pyridine rings is 1. The quantitative estimate of drug-likeness (QED) is 0.346. The number of nitrogens with one attached hydrogen (secondary N) is 2. The van der Waals surface area contributed by atoms with Gasteiger partial charge in [-0.15, -0.1) is 6.42 Å². The van der Waals surface area contributed by atoms with Crippen LogP contribution >= 0.6 is 0 Å². The van der Waals surface area contributed by atoms with Crippen LogP contribution in [0.15, 0.2) is 41.7 Å². The van der Waals surface area contributed by atoms with Gasteiger partial charge in [-0.3, -0.25) is 9.69 Å². The monoisotopic (exact) mass is 512 g/mol. The molecule has 2 N–H and O–H groups in total. The number of carbonyl (C=O) groups is 1. The van der Waals surface area contributed by atoms with Crippen LogP contribution in [-0.4, -0.2) is 88.0 Å². The maximum absolute atomic E-state index is 12.5. The molecule has 0 aromatic carbocycles. The number of allylic oxidation sites excluding steroid dienone is 1. The standard InChI is InChI=1S/C28H34N9O/c1-5-9-10-11-12-14-30-26(38)23-13-15-29-25(22-23)32-27-31-24(6-2)33-28(34-27)37-20-18-36(19-21-37)17-16-35(7-3)8-4/h1,13-15,22H,6-8,16-21H2,2-4H3,(H,30,38)(H,29,31,32,33,34). The Bertz CT molecular complexity index is 1250. The Morgan fingerprint density at radius 1 is 1.13 bits per heavy atom. The maximum atomic E-state index is 12.5. The Labute approximate surface area is 224 Å². The molecule has 0 saturated carbocycles. The van der Waals surface area contributed by atoms with Gasteiger partial charge in [0.1, 0.15) is 11.6 Å². The van der Waals surface area contributed by atoms with E-state index in [9.17, 15) is 4.79 Å². The van der Waals surface area contributed by atoms with E-state index in [1.165, 1.54) is 6.20 Å². The first-order valence-electron chi connectivity index (χ1n) is 12.8. The van der Waals surface area contributed by atoms with Gasteiger partial charge in [0.05, 0.1) is 12.3 Å². The van der Waals surface area contributed by atoms with Gasteiger partial charge >= 0.3 is 0 Å². The molecule has 197 valence electrons. The van der Waals surface area contributed by atoms with Crippen LogP contribution in [0.5, 0.6) is 0 Å². The summed E-state index contributed by atoms with van der Waals surface area (Å²) in [6.45, 7) is 14.4. The lowest BCUT2D eigenvalue weighted by Crippen LogP contribution is -2.49. The molecule has 0 aliphatic carbocycles. The topological polar surface area (TPSA) is 102 Å². The summed E-state index contributed by atoms with van der Waals surface area (Å²) in [6, 6.07) is 3.23. The summed E-state index contributed by atoms with van der Waals surface area (Å²) in [4.78, 5) is 37.7. The fourth-order valence-corrected chi connectivity index (χ4v) is 3.84. The van der Waals surface area contributed by atoms with Crippen molar-refractivity contribution in [3.8, 4) is 12.3 Å². The van der Waals surface area contributed by atoms with Crippen LogP contribution in [0.1, 0.15) is 37.0 Å². The second-order valence-electron chi connectivity index (χ2n) is 8.42. The summed E-state index contributed by atoms with van der Waals surface area (Å²) >= 11 is 0. The van der Waals surface area contributed by atoms with E-state index in [4.69, 9.17) is 6.42 Å². The average Bonchev–Trinajstić information content (AvgIpc) is 2.95. The number of nitrogens with zero attached hydrogens (tertiary/aromatic N) is 7. The lowest BCUT2D eigenvalue weighted by atomic mass is 10.2. The Morgan fingerprint density at radius 2 is 1.92 bits per heavy atom. The number of likely N-dealkylation sites (N-methyl/N-ethyl adjacent to an activating group) is 1. The summed E-state index contributed by atoms with van der Waals surface area (Å²) < 4.78 is 0. The minimum Gasteiger partial charge on any atom is -0.338 e. The minimum atomic E-state index is -0.334. The molecule has 0 spiro atoms. The fraction of sp³-hybridized carbons (Fsp3) is 0.429. The van der Waals surface area contributed by atoms with Crippen LogP contribution in [0.2, 0.25) is 0 Å². The fourth-order valence-electron chi connectivity index (χ4n) is 3.84. The molecule has 38 heavy (non-hydrogen) atoms. The second-order valence-corrected chi connectivity index (χ2v) is 8.42. The molecule has 0 bridgehead atoms. The summed E-state index contributed by atoms with van der Waals surface area (Å²) in [5.41, 5.74) is 7.99. The third-order valence-electron chi connectivity index (χ3n) is 6.07. The van der Waals surface area contributed by atoms with Gasteiger partial charge in [-0.05, 0) is 42.4 Å². The normalized spacial score (nSPS) is 13.1. The maximum Gasteiger partial charge on any atom is 0.255 e. The molecule has 0 unspecified atom stereocenters. The summed E-state index contributed by atoms with van der Waals surface area (Å²) in [5, 5.41) is 5.72. The predicted molar refractivity (Wildman–Crippen MR) is 148 cm³/mol. The molecule has 1 radical (unpaired) electrons. The lowest BCUT2D eigenvalue weighted by molar-refractivity contribution is 0.0970. The highest BCUT2D eigenvalue weighted by molar-refractivity contribution is 5.95. The van der Waals surface area contributed by atoms with Gasteiger partial charge in [0, 0.05) is 57.4 Å². The van der Waals surface area contributed by atoms with Crippen LogP contribution in [0.25, 0.3) is 0 Å². The molecule has 2 aromatic heterocycles. The van der Waals surface area contributed by atoms with E-state index in [0.717, 1.165) is 52.4 Å². The third-order valence-corrected chi connectivity index (χ3v) is 6.07. The van der Waals surface area contributed by atoms with Crippen LogP contribution in [0.4, 0.5) is 17.7 Å². The van der Waals surface area contributed by atoms with Crippen molar-refractivity contribution in [3.05, 3.63) is 59.2 Å². The number of piperazine rings is 1. The van der Waals surface area contributed by atoms with Crippen molar-refractivity contribution in [2.45, 2.75) is 27.2 Å². The molecule has 1 aliphatic rings. The van der Waals surface area contributed by atoms with E-state index >= 15 is 0 Å². The zero-order chi connectivity index (χ0) is 27.2. The first kappa shape index (κ1) is 28.4. The molecule has 3 heterocycles. The molecular formula is C28H34N9O. The zero-order valence-electron chi connectivity index (χ0n) is 22.3. The van der Waals surface area contributed by atoms with Crippen molar-refractivity contribution >= 4 is 23.6 Å². The van der Waals surface area contributed by atoms with Gasteiger partial charge in [0.15, 0.2) is 0 Å². The molecule has 1 saturated heterocycles. The van der Waals surface area contributed by atoms with Crippen LogP contribution in [0, 0.1) is 18.4 Å². The van der Waals surface area contributed by atoms with Crippen LogP contribution in [0.3, 0.4) is 0 Å². The van der Waals surface area contributed by atoms with Crippen molar-refractivity contribution in [1.29, 1.82) is 0 Å². The first-order valence-corrected chi connectivity index (χ1v) is 12.8.